The maximum atomic E-state index is 13.5. The summed E-state index contributed by atoms with van der Waals surface area (Å²) in [6.45, 7) is 5.51. The third-order valence-corrected chi connectivity index (χ3v) is 9.59. The van der Waals surface area contributed by atoms with E-state index in [1.165, 1.54) is 50.5 Å². The fourth-order valence-corrected chi connectivity index (χ4v) is 5.81. The van der Waals surface area contributed by atoms with Crippen molar-refractivity contribution in [3.05, 3.63) is 83.4 Å². The van der Waals surface area contributed by atoms with Gasteiger partial charge in [-0.3, -0.25) is 9.10 Å². The van der Waals surface area contributed by atoms with Crippen LogP contribution in [0.2, 0.25) is 0 Å². The first kappa shape index (κ1) is 29.2. The molecule has 3 aromatic carbocycles. The monoisotopic (exact) mass is 559 g/mol. The molecule has 0 atom stereocenters. The fraction of sp³-hybridized carbons (Fsp3) is 0.296. The van der Waals surface area contributed by atoms with E-state index in [-0.39, 0.29) is 22.9 Å². The smallest absolute Gasteiger partial charge is 0.264 e. The Balaban J connectivity index is 1.67. The third-order valence-electron chi connectivity index (χ3n) is 5.97. The summed E-state index contributed by atoms with van der Waals surface area (Å²) in [4.78, 5) is 13.0. The van der Waals surface area contributed by atoms with Crippen LogP contribution in [0.4, 0.5) is 5.69 Å². The summed E-state index contributed by atoms with van der Waals surface area (Å²) >= 11 is 0. The molecule has 0 bridgehead atoms. The zero-order chi connectivity index (χ0) is 28.1. The molecule has 1 amide bonds. The molecule has 0 aliphatic heterocycles. The summed E-state index contributed by atoms with van der Waals surface area (Å²) in [5.41, 5.74) is 3.24. The predicted molar refractivity (Wildman–Crippen MR) is 147 cm³/mol. The standard InChI is InChI=1S/C27H33N3O6S2/c1-20-6-12-26(13-7-20)38(34,35)30(23-9-8-21(2)22(3)18-23)19-27(31)28-16-17-36-24-10-14-25(15-11-24)37(32,33)29(4)5/h6-15,18H,16-17,19H2,1-5H3,(H,28,31). The first-order valence-corrected chi connectivity index (χ1v) is 14.8. The number of nitrogens with zero attached hydrogens (tertiary/aromatic N) is 2. The van der Waals surface area contributed by atoms with Gasteiger partial charge in [0.05, 0.1) is 22.0 Å². The van der Waals surface area contributed by atoms with E-state index < -0.39 is 32.5 Å². The lowest BCUT2D eigenvalue weighted by Gasteiger charge is -2.25. The van der Waals surface area contributed by atoms with Crippen molar-refractivity contribution in [1.82, 2.24) is 9.62 Å². The maximum absolute atomic E-state index is 13.5. The lowest BCUT2D eigenvalue weighted by molar-refractivity contribution is -0.119. The van der Waals surface area contributed by atoms with E-state index in [4.69, 9.17) is 4.74 Å². The minimum atomic E-state index is -4.00. The van der Waals surface area contributed by atoms with Gasteiger partial charge in [0.15, 0.2) is 0 Å². The Morgan fingerprint density at radius 1 is 0.789 bits per heavy atom. The van der Waals surface area contributed by atoms with E-state index in [9.17, 15) is 21.6 Å². The molecule has 9 nitrogen and oxygen atoms in total. The zero-order valence-electron chi connectivity index (χ0n) is 22.1. The number of hydrogen-bond acceptors (Lipinski definition) is 6. The van der Waals surface area contributed by atoms with Crippen molar-refractivity contribution in [2.24, 2.45) is 0 Å². The molecule has 38 heavy (non-hydrogen) atoms. The van der Waals surface area contributed by atoms with Crippen molar-refractivity contribution in [1.29, 1.82) is 0 Å². The average Bonchev–Trinajstić information content (AvgIpc) is 2.87. The van der Waals surface area contributed by atoms with Crippen LogP contribution in [-0.2, 0) is 24.8 Å². The largest absolute Gasteiger partial charge is 0.492 e. The second kappa shape index (κ2) is 12.0. The summed E-state index contributed by atoms with van der Waals surface area (Å²) in [6, 6.07) is 17.7. The second-order valence-corrected chi connectivity index (χ2v) is 13.1. The second-order valence-electron chi connectivity index (χ2n) is 9.05. The highest BCUT2D eigenvalue weighted by Gasteiger charge is 2.27. The number of nitrogens with one attached hydrogen (secondary N) is 1. The van der Waals surface area contributed by atoms with Crippen molar-refractivity contribution in [2.45, 2.75) is 30.6 Å². The van der Waals surface area contributed by atoms with Crippen molar-refractivity contribution in [2.75, 3.05) is 38.1 Å². The van der Waals surface area contributed by atoms with Crippen LogP contribution >= 0.6 is 0 Å². The molecule has 3 rings (SSSR count). The van der Waals surface area contributed by atoms with Crippen molar-refractivity contribution in [3.63, 3.8) is 0 Å². The van der Waals surface area contributed by atoms with E-state index in [0.29, 0.717) is 11.4 Å². The molecular weight excluding hydrogens is 526 g/mol. The number of carbonyl (C=O) groups is 1. The third kappa shape index (κ3) is 6.91. The van der Waals surface area contributed by atoms with Crippen LogP contribution in [0.3, 0.4) is 0 Å². The highest BCUT2D eigenvalue weighted by molar-refractivity contribution is 7.92. The minimum Gasteiger partial charge on any atom is -0.492 e. The van der Waals surface area contributed by atoms with Gasteiger partial charge in [-0.25, -0.2) is 21.1 Å². The molecule has 0 aromatic heterocycles. The molecule has 0 unspecified atom stereocenters. The van der Waals surface area contributed by atoms with Gasteiger partial charge in [0.25, 0.3) is 10.0 Å². The number of ether oxygens (including phenoxy) is 1. The Hall–Kier alpha value is -3.41. The maximum Gasteiger partial charge on any atom is 0.264 e. The summed E-state index contributed by atoms with van der Waals surface area (Å²) in [7, 11) is -4.63. The van der Waals surface area contributed by atoms with Crippen molar-refractivity contribution in [3.8, 4) is 5.75 Å². The molecule has 1 N–H and O–H groups in total. The molecule has 204 valence electrons. The lowest BCUT2D eigenvalue weighted by atomic mass is 10.1. The molecule has 11 heteroatoms. The Morgan fingerprint density at radius 2 is 1.37 bits per heavy atom. The number of benzene rings is 3. The van der Waals surface area contributed by atoms with Gasteiger partial charge in [-0.2, -0.15) is 0 Å². The molecular formula is C27H33N3O6S2. The van der Waals surface area contributed by atoms with E-state index in [2.05, 4.69) is 5.32 Å². The van der Waals surface area contributed by atoms with Crippen LogP contribution in [0, 0.1) is 20.8 Å². The zero-order valence-corrected chi connectivity index (χ0v) is 23.8. The number of carbonyl (C=O) groups excluding carboxylic acids is 1. The van der Waals surface area contributed by atoms with Gasteiger partial charge in [0.2, 0.25) is 15.9 Å². The molecule has 0 aliphatic carbocycles. The Labute approximate surface area is 225 Å². The van der Waals surface area contributed by atoms with E-state index in [1.807, 2.05) is 26.8 Å². The number of rotatable bonds is 11. The van der Waals surface area contributed by atoms with Crippen LogP contribution < -0.4 is 14.4 Å². The first-order valence-electron chi connectivity index (χ1n) is 11.9. The Bertz CT molecular complexity index is 1480. The topological polar surface area (TPSA) is 113 Å². The molecule has 0 radical (unpaired) electrons. The van der Waals surface area contributed by atoms with E-state index in [0.717, 1.165) is 25.3 Å². The number of sulfonamides is 2. The van der Waals surface area contributed by atoms with Crippen molar-refractivity contribution >= 4 is 31.6 Å². The van der Waals surface area contributed by atoms with Crippen LogP contribution in [0.15, 0.2) is 76.5 Å². The fourth-order valence-electron chi connectivity index (χ4n) is 3.50. The molecule has 3 aromatic rings. The summed E-state index contributed by atoms with van der Waals surface area (Å²) in [6.07, 6.45) is 0. The van der Waals surface area contributed by atoms with Crippen LogP contribution in [0.1, 0.15) is 16.7 Å². The van der Waals surface area contributed by atoms with Crippen molar-refractivity contribution < 1.29 is 26.4 Å². The Kier molecular flexibility index (Phi) is 9.18. The number of anilines is 1. The van der Waals surface area contributed by atoms with Gasteiger partial charge in [-0.15, -0.1) is 0 Å². The van der Waals surface area contributed by atoms with Gasteiger partial charge in [0.1, 0.15) is 18.9 Å². The first-order chi connectivity index (χ1) is 17.8. The summed E-state index contributed by atoms with van der Waals surface area (Å²) in [5.74, 6) is -0.0504. The number of amides is 1. The quantitative estimate of drug-likeness (QED) is 0.361. The molecule has 0 saturated carbocycles. The van der Waals surface area contributed by atoms with Crippen LogP contribution in [0.5, 0.6) is 5.75 Å². The highest BCUT2D eigenvalue weighted by atomic mass is 32.2. The molecule has 0 fully saturated rings. The highest BCUT2D eigenvalue weighted by Crippen LogP contribution is 2.26. The summed E-state index contributed by atoms with van der Waals surface area (Å²) < 4.78 is 59.2. The normalized spacial score (nSPS) is 11.8. The lowest BCUT2D eigenvalue weighted by Crippen LogP contribution is -2.42. The number of aryl methyl sites for hydroxylation is 3. The van der Waals surface area contributed by atoms with Gasteiger partial charge in [-0.05, 0) is 80.4 Å². The molecule has 0 spiro atoms. The summed E-state index contributed by atoms with van der Waals surface area (Å²) in [5, 5.41) is 2.69. The van der Waals surface area contributed by atoms with E-state index in [1.54, 1.807) is 24.3 Å². The number of hydrogen-bond donors (Lipinski definition) is 1. The van der Waals surface area contributed by atoms with Gasteiger partial charge in [-0.1, -0.05) is 23.8 Å². The van der Waals surface area contributed by atoms with Crippen LogP contribution in [0.25, 0.3) is 0 Å². The van der Waals surface area contributed by atoms with Gasteiger partial charge < -0.3 is 10.1 Å². The van der Waals surface area contributed by atoms with E-state index >= 15 is 0 Å². The van der Waals surface area contributed by atoms with Crippen LogP contribution in [-0.4, -0.2) is 60.8 Å². The molecule has 0 saturated heterocycles. The molecule has 0 aliphatic rings. The Morgan fingerprint density at radius 3 is 1.95 bits per heavy atom. The minimum absolute atomic E-state index is 0.0946. The molecule has 0 heterocycles. The SMILES string of the molecule is Cc1ccc(S(=O)(=O)N(CC(=O)NCCOc2ccc(S(=O)(=O)N(C)C)cc2)c2ccc(C)c(C)c2)cc1. The predicted octanol–water partition coefficient (Wildman–Crippen LogP) is 3.25. The van der Waals surface area contributed by atoms with Gasteiger partial charge >= 0.3 is 0 Å². The average molecular weight is 560 g/mol. The van der Waals surface area contributed by atoms with Gasteiger partial charge in [0, 0.05) is 14.1 Å².